The molecule has 1 amide bonds. The van der Waals surface area contributed by atoms with E-state index < -0.39 is 0 Å². The lowest BCUT2D eigenvalue weighted by Gasteiger charge is -2.17. The Morgan fingerprint density at radius 2 is 2.28 bits per heavy atom. The van der Waals surface area contributed by atoms with Gasteiger partial charge in [-0.15, -0.1) is 0 Å². The molecule has 6 heteroatoms. The molecule has 0 aliphatic carbocycles. The molecular formula is C12H20BrN3O2. The molecule has 1 aromatic heterocycles. The average molecular weight is 318 g/mol. The molecular weight excluding hydrogens is 298 g/mol. The van der Waals surface area contributed by atoms with Gasteiger partial charge in [-0.1, -0.05) is 15.9 Å². The molecule has 0 saturated carbocycles. The lowest BCUT2D eigenvalue weighted by molar-refractivity contribution is 0.0701. The normalized spacial score (nSPS) is 10.7. The maximum Gasteiger partial charge on any atom is 0.271 e. The van der Waals surface area contributed by atoms with E-state index in [9.17, 15) is 4.79 Å². The van der Waals surface area contributed by atoms with Gasteiger partial charge in [0.15, 0.2) is 0 Å². The molecule has 0 aromatic carbocycles. The highest BCUT2D eigenvalue weighted by Crippen LogP contribution is 2.06. The van der Waals surface area contributed by atoms with Crippen LogP contribution in [0.2, 0.25) is 0 Å². The lowest BCUT2D eigenvalue weighted by atomic mass is 10.3. The summed E-state index contributed by atoms with van der Waals surface area (Å²) in [4.78, 5) is 13.9. The van der Waals surface area contributed by atoms with E-state index in [0.29, 0.717) is 32.0 Å². The summed E-state index contributed by atoms with van der Waals surface area (Å²) in [6, 6.07) is 1.82. The van der Waals surface area contributed by atoms with Crippen LogP contribution in [-0.2, 0) is 11.3 Å². The maximum atomic E-state index is 12.2. The fourth-order valence-corrected chi connectivity index (χ4v) is 1.84. The minimum Gasteiger partial charge on any atom is -0.379 e. The molecule has 1 heterocycles. The SMILES string of the molecule is CCn1nc(C)cc1C(=O)N(C)CCOCCBr. The Morgan fingerprint density at radius 3 is 2.89 bits per heavy atom. The van der Waals surface area contributed by atoms with E-state index in [-0.39, 0.29) is 5.91 Å². The summed E-state index contributed by atoms with van der Waals surface area (Å²) < 4.78 is 7.07. The number of aromatic nitrogens is 2. The molecule has 0 spiro atoms. The molecule has 1 aromatic rings. The summed E-state index contributed by atoms with van der Waals surface area (Å²) in [5, 5.41) is 5.09. The maximum absolute atomic E-state index is 12.2. The number of hydrogen-bond donors (Lipinski definition) is 0. The van der Waals surface area contributed by atoms with Crippen LogP contribution in [-0.4, -0.2) is 52.7 Å². The van der Waals surface area contributed by atoms with Gasteiger partial charge in [0.05, 0.1) is 18.9 Å². The van der Waals surface area contributed by atoms with Gasteiger partial charge in [0, 0.05) is 25.5 Å². The number of alkyl halides is 1. The number of amides is 1. The standard InChI is InChI=1S/C12H20BrN3O2/c1-4-16-11(9-10(2)14-16)12(17)15(3)6-8-18-7-5-13/h9H,4-8H2,1-3H3. The third-order valence-electron chi connectivity index (χ3n) is 2.56. The Balaban J connectivity index is 2.57. The average Bonchev–Trinajstić information content (AvgIpc) is 2.74. The summed E-state index contributed by atoms with van der Waals surface area (Å²) in [6.45, 7) is 6.36. The largest absolute Gasteiger partial charge is 0.379 e. The third-order valence-corrected chi connectivity index (χ3v) is 2.88. The number of carbonyl (C=O) groups excluding carboxylic acids is 1. The highest BCUT2D eigenvalue weighted by atomic mass is 79.9. The molecule has 1 rings (SSSR count). The van der Waals surface area contributed by atoms with Gasteiger partial charge < -0.3 is 9.64 Å². The molecule has 0 aliphatic rings. The van der Waals surface area contributed by atoms with Crippen LogP contribution >= 0.6 is 15.9 Å². The molecule has 0 N–H and O–H groups in total. The van der Waals surface area contributed by atoms with Crippen LogP contribution in [0.3, 0.4) is 0 Å². The number of nitrogens with zero attached hydrogens (tertiary/aromatic N) is 3. The Labute approximate surface area is 116 Å². The smallest absolute Gasteiger partial charge is 0.271 e. The second-order valence-electron chi connectivity index (χ2n) is 4.01. The first-order valence-electron chi connectivity index (χ1n) is 6.03. The molecule has 0 radical (unpaired) electrons. The minimum atomic E-state index is -0.0140. The van der Waals surface area contributed by atoms with E-state index in [2.05, 4.69) is 21.0 Å². The van der Waals surface area contributed by atoms with Crippen molar-refractivity contribution in [1.29, 1.82) is 0 Å². The van der Waals surface area contributed by atoms with Crippen molar-refractivity contribution < 1.29 is 9.53 Å². The van der Waals surface area contributed by atoms with Gasteiger partial charge in [-0.2, -0.15) is 5.10 Å². The summed E-state index contributed by atoms with van der Waals surface area (Å²) in [5.74, 6) is -0.0140. The van der Waals surface area contributed by atoms with Crippen molar-refractivity contribution in [1.82, 2.24) is 14.7 Å². The fourth-order valence-electron chi connectivity index (χ4n) is 1.61. The first kappa shape index (κ1) is 15.2. The van der Waals surface area contributed by atoms with Crippen LogP contribution in [0.4, 0.5) is 0 Å². The van der Waals surface area contributed by atoms with Crippen molar-refractivity contribution in [3.05, 3.63) is 17.5 Å². The van der Waals surface area contributed by atoms with Crippen molar-refractivity contribution in [2.75, 3.05) is 32.1 Å². The number of carbonyl (C=O) groups is 1. The van der Waals surface area contributed by atoms with E-state index >= 15 is 0 Å². The predicted octanol–water partition coefficient (Wildman–Crippen LogP) is 1.69. The Bertz CT molecular complexity index is 393. The topological polar surface area (TPSA) is 47.4 Å². The number of ether oxygens (including phenoxy) is 1. The van der Waals surface area contributed by atoms with Gasteiger partial charge >= 0.3 is 0 Å². The van der Waals surface area contributed by atoms with Crippen molar-refractivity contribution in [3.63, 3.8) is 0 Å². The minimum absolute atomic E-state index is 0.0140. The molecule has 0 unspecified atom stereocenters. The van der Waals surface area contributed by atoms with Crippen LogP contribution in [0.25, 0.3) is 0 Å². The van der Waals surface area contributed by atoms with Crippen LogP contribution in [0.15, 0.2) is 6.07 Å². The number of hydrogen-bond acceptors (Lipinski definition) is 3. The van der Waals surface area contributed by atoms with E-state index in [1.807, 2.05) is 19.9 Å². The zero-order chi connectivity index (χ0) is 13.5. The summed E-state index contributed by atoms with van der Waals surface area (Å²) in [5.41, 5.74) is 1.50. The zero-order valence-corrected chi connectivity index (χ0v) is 12.7. The molecule has 102 valence electrons. The quantitative estimate of drug-likeness (QED) is 0.568. The summed E-state index contributed by atoms with van der Waals surface area (Å²) in [6.07, 6.45) is 0. The van der Waals surface area contributed by atoms with E-state index in [4.69, 9.17) is 4.74 Å². The number of halogens is 1. The molecule has 0 fully saturated rings. The van der Waals surface area contributed by atoms with Gasteiger partial charge in [0.25, 0.3) is 5.91 Å². The molecule has 18 heavy (non-hydrogen) atoms. The number of aryl methyl sites for hydroxylation is 2. The van der Waals surface area contributed by atoms with Crippen LogP contribution in [0.5, 0.6) is 0 Å². The van der Waals surface area contributed by atoms with Crippen molar-refractivity contribution in [2.45, 2.75) is 20.4 Å². The van der Waals surface area contributed by atoms with Gasteiger partial charge in [0.1, 0.15) is 5.69 Å². The first-order chi connectivity index (χ1) is 8.60. The van der Waals surface area contributed by atoms with Crippen LogP contribution in [0, 0.1) is 6.92 Å². The number of rotatable bonds is 7. The summed E-state index contributed by atoms with van der Waals surface area (Å²) in [7, 11) is 1.78. The van der Waals surface area contributed by atoms with E-state index in [0.717, 1.165) is 11.0 Å². The second-order valence-corrected chi connectivity index (χ2v) is 4.81. The van der Waals surface area contributed by atoms with Crippen molar-refractivity contribution >= 4 is 21.8 Å². The molecule has 0 aliphatic heterocycles. The highest BCUT2D eigenvalue weighted by molar-refractivity contribution is 9.09. The Morgan fingerprint density at radius 1 is 1.56 bits per heavy atom. The van der Waals surface area contributed by atoms with Crippen molar-refractivity contribution in [3.8, 4) is 0 Å². The lowest BCUT2D eigenvalue weighted by Crippen LogP contribution is -2.32. The van der Waals surface area contributed by atoms with Gasteiger partial charge in [0.2, 0.25) is 0 Å². The Hall–Kier alpha value is -0.880. The van der Waals surface area contributed by atoms with Crippen LogP contribution < -0.4 is 0 Å². The fraction of sp³-hybridized carbons (Fsp3) is 0.667. The highest BCUT2D eigenvalue weighted by Gasteiger charge is 2.16. The molecule has 0 atom stereocenters. The molecule has 0 bridgehead atoms. The van der Waals surface area contributed by atoms with Crippen LogP contribution in [0.1, 0.15) is 23.1 Å². The monoisotopic (exact) mass is 317 g/mol. The van der Waals surface area contributed by atoms with E-state index in [1.165, 1.54) is 0 Å². The van der Waals surface area contributed by atoms with Gasteiger partial charge in [-0.3, -0.25) is 9.48 Å². The number of likely N-dealkylation sites (N-methyl/N-ethyl adjacent to an activating group) is 1. The zero-order valence-electron chi connectivity index (χ0n) is 11.1. The van der Waals surface area contributed by atoms with Gasteiger partial charge in [-0.05, 0) is 19.9 Å². The Kier molecular flexibility index (Phi) is 6.35. The van der Waals surface area contributed by atoms with Crippen molar-refractivity contribution in [2.24, 2.45) is 0 Å². The molecule has 5 nitrogen and oxygen atoms in total. The van der Waals surface area contributed by atoms with E-state index in [1.54, 1.807) is 16.6 Å². The van der Waals surface area contributed by atoms with Gasteiger partial charge in [-0.25, -0.2) is 0 Å². The third kappa shape index (κ3) is 4.10. The second kappa shape index (κ2) is 7.53. The summed E-state index contributed by atoms with van der Waals surface area (Å²) >= 11 is 3.29. The first-order valence-corrected chi connectivity index (χ1v) is 7.16. The predicted molar refractivity (Wildman–Crippen MR) is 74.2 cm³/mol. The molecule has 0 saturated heterocycles.